The lowest BCUT2D eigenvalue weighted by atomic mass is 10.3. The summed E-state index contributed by atoms with van der Waals surface area (Å²) in [4.78, 5) is 0.230. The summed E-state index contributed by atoms with van der Waals surface area (Å²) in [5, 5.41) is 17.1. The molecule has 0 aliphatic heterocycles. The average molecular weight is 157 g/mol. The summed E-state index contributed by atoms with van der Waals surface area (Å²) in [5.74, 6) is 4.83. The highest BCUT2D eigenvalue weighted by Crippen LogP contribution is 1.96. The minimum Gasteiger partial charge on any atom is -0.378 e. The van der Waals surface area contributed by atoms with Crippen LogP contribution in [0.4, 0.5) is 0 Å². The van der Waals surface area contributed by atoms with Crippen LogP contribution < -0.4 is 16.5 Å². The van der Waals surface area contributed by atoms with E-state index < -0.39 is 0 Å². The molecule has 0 unspecified atom stereocenters. The topological polar surface area (TPSA) is 117 Å². The molecular formula is C4H7N5O2. The monoisotopic (exact) mass is 157 g/mol. The van der Waals surface area contributed by atoms with Gasteiger partial charge >= 0.3 is 0 Å². The van der Waals surface area contributed by atoms with Crippen LogP contribution in [0.25, 0.3) is 0 Å². The van der Waals surface area contributed by atoms with Crippen molar-refractivity contribution in [1.29, 1.82) is 0 Å². The molecule has 0 spiro atoms. The molecule has 1 heterocycles. The van der Waals surface area contributed by atoms with E-state index in [1.807, 2.05) is 0 Å². The van der Waals surface area contributed by atoms with E-state index in [1.165, 1.54) is 6.92 Å². The van der Waals surface area contributed by atoms with Gasteiger partial charge in [-0.05, 0) is 4.90 Å². The van der Waals surface area contributed by atoms with Gasteiger partial charge in [-0.15, -0.1) is 0 Å². The van der Waals surface area contributed by atoms with Crippen molar-refractivity contribution in [1.82, 2.24) is 5.16 Å². The van der Waals surface area contributed by atoms with Crippen LogP contribution in [-0.4, -0.2) is 11.0 Å². The van der Waals surface area contributed by atoms with Crippen molar-refractivity contribution in [3.63, 3.8) is 0 Å². The van der Waals surface area contributed by atoms with Gasteiger partial charge in [0.1, 0.15) is 0 Å². The molecule has 0 amide bonds. The van der Waals surface area contributed by atoms with Crippen molar-refractivity contribution in [2.24, 2.45) is 16.7 Å². The minimum atomic E-state index is -0.0270. The average Bonchev–Trinajstić information content (AvgIpc) is 2.32. The van der Waals surface area contributed by atoms with Crippen molar-refractivity contribution in [3.05, 3.63) is 16.6 Å². The van der Waals surface area contributed by atoms with Gasteiger partial charge in [0.15, 0.2) is 0 Å². The first-order valence-electron chi connectivity index (χ1n) is 2.77. The number of hydrazone groups is 1. The minimum absolute atomic E-state index is 0.0270. The van der Waals surface area contributed by atoms with Gasteiger partial charge in [0, 0.05) is 12.1 Å². The Balaban J connectivity index is 3.15. The number of aromatic nitrogens is 2. The SMILES string of the molecule is Cc1c(C(N)=NN)no[n+]1[O-]. The van der Waals surface area contributed by atoms with Gasteiger partial charge in [-0.2, -0.15) is 5.10 Å². The summed E-state index contributed by atoms with van der Waals surface area (Å²) in [6.07, 6.45) is 0. The summed E-state index contributed by atoms with van der Waals surface area (Å²) < 4.78 is 4.21. The maximum Gasteiger partial charge on any atom is 0.287 e. The van der Waals surface area contributed by atoms with Crippen LogP contribution in [0, 0.1) is 12.1 Å². The number of hydrogen-bond acceptors (Lipinski definition) is 5. The Labute approximate surface area is 61.8 Å². The van der Waals surface area contributed by atoms with Gasteiger partial charge in [0.05, 0.1) is 0 Å². The molecule has 4 N–H and O–H groups in total. The molecule has 0 radical (unpaired) electrons. The van der Waals surface area contributed by atoms with Crippen LogP contribution in [0.2, 0.25) is 0 Å². The number of nitrogens with zero attached hydrogens (tertiary/aromatic N) is 3. The van der Waals surface area contributed by atoms with Crippen LogP contribution in [0.1, 0.15) is 11.4 Å². The van der Waals surface area contributed by atoms with Gasteiger partial charge in [-0.1, -0.05) is 0 Å². The number of hydrogen-bond donors (Lipinski definition) is 2. The van der Waals surface area contributed by atoms with Gasteiger partial charge in [0.25, 0.3) is 5.69 Å². The van der Waals surface area contributed by atoms with E-state index in [-0.39, 0.29) is 22.1 Å². The van der Waals surface area contributed by atoms with E-state index in [0.717, 1.165) is 0 Å². The van der Waals surface area contributed by atoms with Crippen LogP contribution in [-0.2, 0) is 0 Å². The lowest BCUT2D eigenvalue weighted by Crippen LogP contribution is -2.28. The van der Waals surface area contributed by atoms with E-state index in [4.69, 9.17) is 11.6 Å². The number of rotatable bonds is 1. The second kappa shape index (κ2) is 2.45. The van der Waals surface area contributed by atoms with Crippen molar-refractivity contribution in [2.75, 3.05) is 0 Å². The summed E-state index contributed by atoms with van der Waals surface area (Å²) >= 11 is 0. The van der Waals surface area contributed by atoms with E-state index in [2.05, 4.69) is 14.9 Å². The lowest BCUT2D eigenvalue weighted by Gasteiger charge is -1.87. The Morgan fingerprint density at radius 1 is 1.82 bits per heavy atom. The Morgan fingerprint density at radius 3 is 2.82 bits per heavy atom. The molecule has 0 fully saturated rings. The Morgan fingerprint density at radius 2 is 2.45 bits per heavy atom. The summed E-state index contributed by atoms with van der Waals surface area (Å²) in [7, 11) is 0. The first-order valence-corrected chi connectivity index (χ1v) is 2.77. The molecule has 7 heteroatoms. The zero-order valence-corrected chi connectivity index (χ0v) is 5.81. The van der Waals surface area contributed by atoms with Crippen molar-refractivity contribution in [3.8, 4) is 0 Å². The molecular weight excluding hydrogens is 150 g/mol. The predicted octanol–water partition coefficient (Wildman–Crippen LogP) is -1.80. The zero-order valence-electron chi connectivity index (χ0n) is 5.81. The van der Waals surface area contributed by atoms with Gasteiger partial charge in [0.2, 0.25) is 11.5 Å². The van der Waals surface area contributed by atoms with Crippen LogP contribution in [0.5, 0.6) is 0 Å². The molecule has 7 nitrogen and oxygen atoms in total. The van der Waals surface area contributed by atoms with E-state index in [9.17, 15) is 5.21 Å². The Bertz CT molecular complexity index is 291. The Hall–Kier alpha value is -1.79. The van der Waals surface area contributed by atoms with Crippen LogP contribution >= 0.6 is 0 Å². The molecule has 0 aromatic carbocycles. The number of amidine groups is 1. The van der Waals surface area contributed by atoms with Gasteiger partial charge < -0.3 is 16.8 Å². The summed E-state index contributed by atoms with van der Waals surface area (Å²) in [5.41, 5.74) is 5.66. The number of nitrogens with two attached hydrogens (primary N) is 2. The Kier molecular flexibility index (Phi) is 1.63. The molecule has 0 saturated carbocycles. The first-order chi connectivity index (χ1) is 5.16. The van der Waals surface area contributed by atoms with Crippen molar-refractivity contribution >= 4 is 5.84 Å². The maximum atomic E-state index is 10.6. The fraction of sp³-hybridized carbons (Fsp3) is 0.250. The maximum absolute atomic E-state index is 10.6. The molecule has 11 heavy (non-hydrogen) atoms. The molecule has 1 rings (SSSR count). The van der Waals surface area contributed by atoms with Gasteiger partial charge in [-0.25, -0.2) is 0 Å². The predicted molar refractivity (Wildman–Crippen MR) is 35.1 cm³/mol. The van der Waals surface area contributed by atoms with E-state index >= 15 is 0 Å². The highest BCUT2D eigenvalue weighted by atomic mass is 16.8. The van der Waals surface area contributed by atoms with Crippen LogP contribution in [0.3, 0.4) is 0 Å². The molecule has 0 atom stereocenters. The third-order valence-corrected chi connectivity index (χ3v) is 1.20. The van der Waals surface area contributed by atoms with E-state index in [0.29, 0.717) is 0 Å². The molecule has 0 aliphatic rings. The third-order valence-electron chi connectivity index (χ3n) is 1.20. The largest absolute Gasteiger partial charge is 0.378 e. The second-order valence-corrected chi connectivity index (χ2v) is 1.88. The molecule has 0 saturated heterocycles. The van der Waals surface area contributed by atoms with E-state index in [1.54, 1.807) is 0 Å². The lowest BCUT2D eigenvalue weighted by molar-refractivity contribution is -0.806. The fourth-order valence-electron chi connectivity index (χ4n) is 0.585. The second-order valence-electron chi connectivity index (χ2n) is 1.88. The molecule has 1 aromatic heterocycles. The third kappa shape index (κ3) is 1.07. The molecule has 1 aromatic rings. The molecule has 60 valence electrons. The van der Waals surface area contributed by atoms with Crippen molar-refractivity contribution in [2.45, 2.75) is 6.92 Å². The summed E-state index contributed by atoms with van der Waals surface area (Å²) in [6, 6.07) is 0. The smallest absolute Gasteiger partial charge is 0.287 e. The first kappa shape index (κ1) is 7.32. The zero-order chi connectivity index (χ0) is 8.43. The fourth-order valence-corrected chi connectivity index (χ4v) is 0.585. The highest BCUT2D eigenvalue weighted by molar-refractivity contribution is 5.95. The molecule has 0 aliphatic carbocycles. The normalized spacial score (nSPS) is 11.9. The quantitative estimate of drug-likeness (QED) is 0.164. The highest BCUT2D eigenvalue weighted by Gasteiger charge is 2.17. The summed E-state index contributed by atoms with van der Waals surface area (Å²) in [6.45, 7) is 1.50. The molecule has 0 bridgehead atoms. The van der Waals surface area contributed by atoms with Crippen molar-refractivity contribution < 1.29 is 9.53 Å². The standard InChI is InChI=1S/C4H7N5O2/c1-2-3(4(5)7-6)8-11-9(2)10/h6H2,1H3,(H2,5,7). The van der Waals surface area contributed by atoms with Crippen LogP contribution in [0.15, 0.2) is 9.73 Å². The van der Waals surface area contributed by atoms with Gasteiger partial charge in [-0.3, -0.25) is 4.63 Å².